The van der Waals surface area contributed by atoms with E-state index in [0.717, 1.165) is 12.8 Å². The lowest BCUT2D eigenvalue weighted by Gasteiger charge is -2.30. The summed E-state index contributed by atoms with van der Waals surface area (Å²) in [6.07, 6.45) is 2.15. The van der Waals surface area contributed by atoms with Crippen LogP contribution in [0.25, 0.3) is 0 Å². The molecule has 2 rings (SSSR count). The number of benzene rings is 1. The molecule has 1 fully saturated rings. The second kappa shape index (κ2) is 6.40. The molecule has 0 aromatic heterocycles. The molecule has 1 saturated heterocycles. The first-order valence-electron chi connectivity index (χ1n) is 7.69. The van der Waals surface area contributed by atoms with Crippen LogP contribution in [0.2, 0.25) is 0 Å². The van der Waals surface area contributed by atoms with E-state index in [1.807, 2.05) is 23.1 Å². The van der Waals surface area contributed by atoms with E-state index < -0.39 is 0 Å². The zero-order chi connectivity index (χ0) is 14.7. The molecule has 1 aromatic rings. The van der Waals surface area contributed by atoms with Crippen LogP contribution in [-0.4, -0.2) is 22.9 Å². The third-order valence-corrected chi connectivity index (χ3v) is 4.10. The van der Waals surface area contributed by atoms with Gasteiger partial charge in [0.1, 0.15) is 6.17 Å². The minimum atomic E-state index is -0.0699. The maximum Gasteiger partial charge on any atom is 0.241 e. The fourth-order valence-corrected chi connectivity index (χ4v) is 3.01. The molecule has 1 aromatic carbocycles. The molecule has 1 aliphatic rings. The normalized spacial score (nSPS) is 24.4. The third-order valence-electron chi connectivity index (χ3n) is 4.10. The number of hydrogen-bond donors (Lipinski definition) is 1. The Morgan fingerprint density at radius 1 is 1.20 bits per heavy atom. The Morgan fingerprint density at radius 3 is 2.40 bits per heavy atom. The predicted molar refractivity (Wildman–Crippen MR) is 82.2 cm³/mol. The highest BCUT2D eigenvalue weighted by atomic mass is 16.2. The second-order valence-corrected chi connectivity index (χ2v) is 6.08. The van der Waals surface area contributed by atoms with E-state index in [9.17, 15) is 4.79 Å². The number of nitrogens with zero attached hydrogens (tertiary/aromatic N) is 1. The van der Waals surface area contributed by atoms with E-state index in [1.54, 1.807) is 0 Å². The van der Waals surface area contributed by atoms with Gasteiger partial charge in [0.15, 0.2) is 0 Å². The summed E-state index contributed by atoms with van der Waals surface area (Å²) in [5, 5.41) is 3.52. The van der Waals surface area contributed by atoms with Crippen molar-refractivity contribution < 1.29 is 4.79 Å². The van der Waals surface area contributed by atoms with Crippen LogP contribution in [0, 0.1) is 5.92 Å². The van der Waals surface area contributed by atoms with E-state index in [2.05, 4.69) is 45.1 Å². The van der Waals surface area contributed by atoms with Crippen LogP contribution in [0.3, 0.4) is 0 Å². The van der Waals surface area contributed by atoms with E-state index >= 15 is 0 Å². The molecule has 3 atom stereocenters. The summed E-state index contributed by atoms with van der Waals surface area (Å²) in [7, 11) is 0. The Kier molecular flexibility index (Phi) is 4.81. The van der Waals surface area contributed by atoms with Crippen molar-refractivity contribution in [1.29, 1.82) is 0 Å². The van der Waals surface area contributed by atoms with E-state index in [0.29, 0.717) is 5.92 Å². The Hall–Kier alpha value is -1.35. The molecule has 0 radical (unpaired) electrons. The van der Waals surface area contributed by atoms with Crippen LogP contribution in [0.1, 0.15) is 52.3 Å². The fraction of sp³-hybridized carbons (Fsp3) is 0.588. The Bertz CT molecular complexity index is 444. The van der Waals surface area contributed by atoms with Crippen molar-refractivity contribution in [3.63, 3.8) is 0 Å². The van der Waals surface area contributed by atoms with Gasteiger partial charge in [0.2, 0.25) is 5.91 Å². The maximum atomic E-state index is 12.7. The van der Waals surface area contributed by atoms with Gasteiger partial charge >= 0.3 is 0 Å². The molecule has 3 heteroatoms. The number of hydrogen-bond acceptors (Lipinski definition) is 2. The van der Waals surface area contributed by atoms with Crippen molar-refractivity contribution in [2.75, 3.05) is 0 Å². The fourth-order valence-electron chi connectivity index (χ4n) is 3.01. The van der Waals surface area contributed by atoms with Crippen LogP contribution >= 0.6 is 0 Å². The number of rotatable bonds is 5. The molecule has 110 valence electrons. The molecule has 20 heavy (non-hydrogen) atoms. The largest absolute Gasteiger partial charge is 0.319 e. The lowest BCUT2D eigenvalue weighted by molar-refractivity contribution is -0.132. The SMILES string of the molecule is CCCC(C)N1C(=O)C(C(C)C)NC1c1ccccc1. The second-order valence-electron chi connectivity index (χ2n) is 6.08. The summed E-state index contributed by atoms with van der Waals surface area (Å²) in [6.45, 7) is 8.53. The van der Waals surface area contributed by atoms with Gasteiger partial charge < -0.3 is 4.90 Å². The monoisotopic (exact) mass is 274 g/mol. The van der Waals surface area contributed by atoms with E-state index in [-0.39, 0.29) is 24.2 Å². The van der Waals surface area contributed by atoms with Crippen molar-refractivity contribution in [2.24, 2.45) is 5.92 Å². The highest BCUT2D eigenvalue weighted by molar-refractivity contribution is 5.85. The molecule has 3 unspecified atom stereocenters. The van der Waals surface area contributed by atoms with Crippen molar-refractivity contribution in [2.45, 2.75) is 58.8 Å². The van der Waals surface area contributed by atoms with Crippen molar-refractivity contribution >= 4 is 5.91 Å². The first kappa shape index (κ1) is 15.0. The van der Waals surface area contributed by atoms with Gasteiger partial charge in [0, 0.05) is 6.04 Å². The molecule has 1 amide bonds. The van der Waals surface area contributed by atoms with E-state index in [1.165, 1.54) is 5.56 Å². The van der Waals surface area contributed by atoms with Crippen molar-refractivity contribution in [1.82, 2.24) is 10.2 Å². The Balaban J connectivity index is 2.30. The molecule has 3 nitrogen and oxygen atoms in total. The molecule has 1 heterocycles. The maximum absolute atomic E-state index is 12.7. The zero-order valence-corrected chi connectivity index (χ0v) is 13.0. The van der Waals surface area contributed by atoms with Gasteiger partial charge in [-0.25, -0.2) is 0 Å². The topological polar surface area (TPSA) is 32.3 Å². The lowest BCUT2D eigenvalue weighted by Crippen LogP contribution is -2.39. The van der Waals surface area contributed by atoms with Crippen LogP contribution in [-0.2, 0) is 4.79 Å². The van der Waals surface area contributed by atoms with Gasteiger partial charge in [-0.2, -0.15) is 0 Å². The Labute approximate surface area is 122 Å². The van der Waals surface area contributed by atoms with Crippen molar-refractivity contribution in [3.05, 3.63) is 35.9 Å². The first-order chi connectivity index (χ1) is 9.56. The smallest absolute Gasteiger partial charge is 0.241 e. The summed E-state index contributed by atoms with van der Waals surface area (Å²) in [5.41, 5.74) is 1.17. The number of carbonyl (C=O) groups is 1. The van der Waals surface area contributed by atoms with Crippen molar-refractivity contribution in [3.8, 4) is 0 Å². The minimum Gasteiger partial charge on any atom is -0.319 e. The lowest BCUT2D eigenvalue weighted by atomic mass is 10.0. The van der Waals surface area contributed by atoms with Crippen LogP contribution in [0.5, 0.6) is 0 Å². The van der Waals surface area contributed by atoms with Gasteiger partial charge in [-0.15, -0.1) is 0 Å². The molecular weight excluding hydrogens is 248 g/mol. The Morgan fingerprint density at radius 2 is 1.85 bits per heavy atom. The molecule has 0 aliphatic carbocycles. The standard InChI is InChI=1S/C17H26N2O/c1-5-9-13(4)19-16(14-10-7-6-8-11-14)18-15(12(2)3)17(19)20/h6-8,10-13,15-16,18H,5,9H2,1-4H3. The molecule has 0 saturated carbocycles. The molecule has 1 aliphatic heterocycles. The summed E-state index contributed by atoms with van der Waals surface area (Å²) in [5.74, 6) is 0.558. The van der Waals surface area contributed by atoms with Gasteiger partial charge in [-0.05, 0) is 24.8 Å². The predicted octanol–water partition coefficient (Wildman–Crippen LogP) is 3.33. The zero-order valence-electron chi connectivity index (χ0n) is 13.0. The molecule has 0 bridgehead atoms. The number of nitrogens with one attached hydrogen (secondary N) is 1. The quantitative estimate of drug-likeness (QED) is 0.893. The van der Waals surface area contributed by atoms with E-state index in [4.69, 9.17) is 0 Å². The highest BCUT2D eigenvalue weighted by Gasteiger charge is 2.42. The summed E-state index contributed by atoms with van der Waals surface area (Å²) < 4.78 is 0. The highest BCUT2D eigenvalue weighted by Crippen LogP contribution is 2.31. The van der Waals surface area contributed by atoms with Gasteiger partial charge in [-0.1, -0.05) is 57.5 Å². The summed E-state index contributed by atoms with van der Waals surface area (Å²) in [4.78, 5) is 14.8. The van der Waals surface area contributed by atoms with Crippen LogP contribution in [0.4, 0.5) is 0 Å². The average molecular weight is 274 g/mol. The van der Waals surface area contributed by atoms with Crippen LogP contribution < -0.4 is 5.32 Å². The van der Waals surface area contributed by atoms with Gasteiger partial charge in [0.25, 0.3) is 0 Å². The first-order valence-corrected chi connectivity index (χ1v) is 7.69. The van der Waals surface area contributed by atoms with Gasteiger partial charge in [-0.3, -0.25) is 10.1 Å². The summed E-state index contributed by atoms with van der Waals surface area (Å²) in [6, 6.07) is 10.5. The van der Waals surface area contributed by atoms with Gasteiger partial charge in [0.05, 0.1) is 6.04 Å². The molecule has 1 N–H and O–H groups in total. The molecular formula is C17H26N2O. The number of carbonyl (C=O) groups excluding carboxylic acids is 1. The van der Waals surface area contributed by atoms with Crippen LogP contribution in [0.15, 0.2) is 30.3 Å². The molecule has 0 spiro atoms. The average Bonchev–Trinajstić information content (AvgIpc) is 2.78. The minimum absolute atomic E-state index is 0.0117. The third kappa shape index (κ3) is 2.88. The number of amides is 1. The summed E-state index contributed by atoms with van der Waals surface area (Å²) >= 11 is 0.